The molecular formula is C13H23ClN4O. The molecule has 0 aromatic carbocycles. The van der Waals surface area contributed by atoms with Crippen LogP contribution in [0, 0.1) is 5.92 Å². The number of likely N-dealkylation sites (N-methyl/N-ethyl adjacent to an activating group) is 1. The minimum Gasteiger partial charge on any atom is -0.352 e. The zero-order chi connectivity index (χ0) is 13.1. The van der Waals surface area contributed by atoms with E-state index in [0.717, 1.165) is 17.9 Å². The van der Waals surface area contributed by atoms with Crippen LogP contribution in [0.1, 0.15) is 37.8 Å². The fourth-order valence-corrected chi connectivity index (χ4v) is 2.28. The summed E-state index contributed by atoms with van der Waals surface area (Å²) in [6, 6.07) is -0.0714. The Labute approximate surface area is 120 Å². The molecule has 0 spiro atoms. The van der Waals surface area contributed by atoms with E-state index in [9.17, 15) is 4.79 Å². The fourth-order valence-electron chi connectivity index (χ4n) is 2.28. The second-order valence-electron chi connectivity index (χ2n) is 5.26. The molecule has 1 saturated carbocycles. The first kappa shape index (κ1) is 16.0. The smallest absolute Gasteiger partial charge is 0.242 e. The van der Waals surface area contributed by atoms with Gasteiger partial charge in [0, 0.05) is 24.8 Å². The van der Waals surface area contributed by atoms with Crippen LogP contribution < -0.4 is 10.6 Å². The summed E-state index contributed by atoms with van der Waals surface area (Å²) in [4.78, 5) is 12.2. The molecule has 5 nitrogen and oxygen atoms in total. The molecule has 2 atom stereocenters. The third kappa shape index (κ3) is 4.51. The Morgan fingerprint density at radius 3 is 2.74 bits per heavy atom. The van der Waals surface area contributed by atoms with Crippen LogP contribution in [0.2, 0.25) is 0 Å². The van der Waals surface area contributed by atoms with E-state index in [2.05, 4.69) is 22.7 Å². The summed E-state index contributed by atoms with van der Waals surface area (Å²) >= 11 is 0. The monoisotopic (exact) mass is 286 g/mol. The Hall–Kier alpha value is -1.07. The second-order valence-corrected chi connectivity index (χ2v) is 5.26. The molecule has 2 unspecified atom stereocenters. The molecule has 1 aliphatic rings. The SMILES string of the molecule is CNC(C(=O)NC(C)CC1CC1)c1cnn(C)c1.Cl. The van der Waals surface area contributed by atoms with Crippen LogP contribution in [0.15, 0.2) is 12.4 Å². The largest absolute Gasteiger partial charge is 0.352 e. The minimum atomic E-state index is -0.319. The van der Waals surface area contributed by atoms with Gasteiger partial charge in [0.1, 0.15) is 6.04 Å². The lowest BCUT2D eigenvalue weighted by molar-refractivity contribution is -0.123. The highest BCUT2D eigenvalue weighted by Crippen LogP contribution is 2.33. The number of carbonyl (C=O) groups excluding carboxylic acids is 1. The van der Waals surface area contributed by atoms with Gasteiger partial charge in [-0.3, -0.25) is 9.48 Å². The molecule has 1 aromatic rings. The summed E-state index contributed by atoms with van der Waals surface area (Å²) in [5.74, 6) is 0.852. The Morgan fingerprint density at radius 1 is 1.58 bits per heavy atom. The number of aryl methyl sites for hydroxylation is 1. The number of carbonyl (C=O) groups is 1. The summed E-state index contributed by atoms with van der Waals surface area (Å²) in [6.07, 6.45) is 7.32. The summed E-state index contributed by atoms with van der Waals surface area (Å²) in [5, 5.41) is 10.2. The number of nitrogens with zero attached hydrogens (tertiary/aromatic N) is 2. The Bertz CT molecular complexity index is 417. The molecular weight excluding hydrogens is 264 g/mol. The van der Waals surface area contributed by atoms with Gasteiger partial charge < -0.3 is 10.6 Å². The third-order valence-electron chi connectivity index (χ3n) is 3.38. The van der Waals surface area contributed by atoms with E-state index in [0.29, 0.717) is 0 Å². The Morgan fingerprint density at radius 2 is 2.26 bits per heavy atom. The lowest BCUT2D eigenvalue weighted by Gasteiger charge is -2.19. The first-order valence-electron chi connectivity index (χ1n) is 6.56. The maximum absolute atomic E-state index is 12.2. The van der Waals surface area contributed by atoms with Crippen LogP contribution in [0.5, 0.6) is 0 Å². The zero-order valence-electron chi connectivity index (χ0n) is 11.7. The molecule has 2 rings (SSSR count). The third-order valence-corrected chi connectivity index (χ3v) is 3.38. The quantitative estimate of drug-likeness (QED) is 0.831. The van der Waals surface area contributed by atoms with Crippen LogP contribution in [-0.2, 0) is 11.8 Å². The van der Waals surface area contributed by atoms with Crippen LogP contribution in [0.25, 0.3) is 0 Å². The van der Waals surface area contributed by atoms with Gasteiger partial charge in [-0.15, -0.1) is 12.4 Å². The number of hydrogen-bond donors (Lipinski definition) is 2. The van der Waals surface area contributed by atoms with Crippen LogP contribution in [0.4, 0.5) is 0 Å². The molecule has 0 aliphatic heterocycles. The van der Waals surface area contributed by atoms with E-state index in [-0.39, 0.29) is 30.4 Å². The van der Waals surface area contributed by atoms with Gasteiger partial charge >= 0.3 is 0 Å². The van der Waals surface area contributed by atoms with E-state index in [1.165, 1.54) is 12.8 Å². The minimum absolute atomic E-state index is 0. The molecule has 108 valence electrons. The lowest BCUT2D eigenvalue weighted by Crippen LogP contribution is -2.40. The molecule has 1 aromatic heterocycles. The zero-order valence-corrected chi connectivity index (χ0v) is 12.5. The fraction of sp³-hybridized carbons (Fsp3) is 0.692. The number of hydrogen-bond acceptors (Lipinski definition) is 3. The Balaban J connectivity index is 0.00000180. The normalized spacial score (nSPS) is 17.4. The molecule has 19 heavy (non-hydrogen) atoms. The van der Waals surface area contributed by atoms with Crippen molar-refractivity contribution in [2.45, 2.75) is 38.3 Å². The van der Waals surface area contributed by atoms with E-state index in [1.54, 1.807) is 17.9 Å². The van der Waals surface area contributed by atoms with Crippen LogP contribution in [0.3, 0.4) is 0 Å². The predicted molar refractivity (Wildman–Crippen MR) is 77.2 cm³/mol. The van der Waals surface area contributed by atoms with Crippen molar-refractivity contribution in [2.24, 2.45) is 13.0 Å². The summed E-state index contributed by atoms with van der Waals surface area (Å²) in [5.41, 5.74) is 0.899. The van der Waals surface area contributed by atoms with Crippen LogP contribution in [-0.4, -0.2) is 28.8 Å². The van der Waals surface area contributed by atoms with Crippen molar-refractivity contribution in [3.05, 3.63) is 18.0 Å². The van der Waals surface area contributed by atoms with Gasteiger partial charge in [-0.25, -0.2) is 0 Å². The number of rotatable bonds is 6. The molecule has 1 fully saturated rings. The maximum Gasteiger partial charge on any atom is 0.242 e. The highest BCUT2D eigenvalue weighted by Gasteiger charge is 2.26. The van der Waals surface area contributed by atoms with Crippen molar-refractivity contribution in [2.75, 3.05) is 7.05 Å². The van der Waals surface area contributed by atoms with Gasteiger partial charge in [0.2, 0.25) is 5.91 Å². The summed E-state index contributed by atoms with van der Waals surface area (Å²) in [7, 11) is 3.65. The summed E-state index contributed by atoms with van der Waals surface area (Å²) in [6.45, 7) is 2.08. The molecule has 0 radical (unpaired) electrons. The van der Waals surface area contributed by atoms with Crippen molar-refractivity contribution >= 4 is 18.3 Å². The molecule has 1 heterocycles. The standard InChI is InChI=1S/C13H22N4O.ClH/c1-9(6-10-4-5-10)16-13(18)12(14-2)11-7-15-17(3)8-11;/h7-10,12,14H,4-6H2,1-3H3,(H,16,18);1H. The molecule has 1 amide bonds. The van der Waals surface area contributed by atoms with E-state index >= 15 is 0 Å². The average molecular weight is 287 g/mol. The first-order valence-corrected chi connectivity index (χ1v) is 6.56. The second kappa shape index (κ2) is 6.91. The topological polar surface area (TPSA) is 59.0 Å². The molecule has 1 aliphatic carbocycles. The first-order chi connectivity index (χ1) is 8.60. The maximum atomic E-state index is 12.2. The Kier molecular flexibility index (Phi) is 5.82. The van der Waals surface area contributed by atoms with Gasteiger partial charge in [0.15, 0.2) is 0 Å². The highest BCUT2D eigenvalue weighted by molar-refractivity contribution is 5.85. The molecule has 2 N–H and O–H groups in total. The van der Waals surface area contributed by atoms with E-state index in [1.807, 2.05) is 13.2 Å². The van der Waals surface area contributed by atoms with Crippen LogP contribution >= 0.6 is 12.4 Å². The van der Waals surface area contributed by atoms with Crippen molar-refractivity contribution in [1.29, 1.82) is 0 Å². The molecule has 0 saturated heterocycles. The number of amides is 1. The number of nitrogens with one attached hydrogen (secondary N) is 2. The van der Waals surface area contributed by atoms with Gasteiger partial charge in [-0.2, -0.15) is 5.10 Å². The van der Waals surface area contributed by atoms with E-state index < -0.39 is 0 Å². The van der Waals surface area contributed by atoms with Crippen molar-refractivity contribution in [1.82, 2.24) is 20.4 Å². The summed E-state index contributed by atoms with van der Waals surface area (Å²) < 4.78 is 1.71. The predicted octanol–water partition coefficient (Wildman–Crippen LogP) is 1.41. The molecule has 6 heteroatoms. The van der Waals surface area contributed by atoms with Crippen molar-refractivity contribution in [3.63, 3.8) is 0 Å². The number of halogens is 1. The highest BCUT2D eigenvalue weighted by atomic mass is 35.5. The van der Waals surface area contributed by atoms with Crippen molar-refractivity contribution in [3.8, 4) is 0 Å². The number of aromatic nitrogens is 2. The van der Waals surface area contributed by atoms with Gasteiger partial charge in [-0.05, 0) is 26.3 Å². The molecule has 0 bridgehead atoms. The van der Waals surface area contributed by atoms with Crippen molar-refractivity contribution < 1.29 is 4.79 Å². The van der Waals surface area contributed by atoms with E-state index in [4.69, 9.17) is 0 Å². The van der Waals surface area contributed by atoms with Gasteiger partial charge in [-0.1, -0.05) is 12.8 Å². The van der Waals surface area contributed by atoms with Gasteiger partial charge in [0.05, 0.1) is 6.20 Å². The lowest BCUT2D eigenvalue weighted by atomic mass is 10.1. The van der Waals surface area contributed by atoms with Gasteiger partial charge in [0.25, 0.3) is 0 Å². The average Bonchev–Trinajstić information content (AvgIpc) is 3.01.